The highest BCUT2D eigenvalue weighted by molar-refractivity contribution is 5.06. The Kier molecular flexibility index (Phi) is 4.19. The van der Waals surface area contributed by atoms with Gasteiger partial charge in [0, 0.05) is 6.20 Å². The van der Waals surface area contributed by atoms with E-state index in [4.69, 9.17) is 0 Å². The second-order valence-electron chi connectivity index (χ2n) is 2.99. The minimum atomic E-state index is -0.429. The molecule has 0 aromatic carbocycles. The van der Waals surface area contributed by atoms with Gasteiger partial charge in [-0.15, -0.1) is 6.58 Å². The van der Waals surface area contributed by atoms with Crippen molar-refractivity contribution in [3.8, 4) is 0 Å². The number of pyridine rings is 1. The van der Waals surface area contributed by atoms with E-state index in [1.807, 2.05) is 24.3 Å². The molecule has 0 aliphatic carbocycles. The largest absolute Gasteiger partial charge is 0.387 e. The minimum absolute atomic E-state index is 0.429. The lowest BCUT2D eigenvalue weighted by atomic mass is 10.1. The third-order valence-corrected chi connectivity index (χ3v) is 1.91. The molecule has 1 atom stereocenters. The average molecular weight is 177 g/mol. The van der Waals surface area contributed by atoms with Crippen molar-refractivity contribution < 1.29 is 5.11 Å². The van der Waals surface area contributed by atoms with Crippen LogP contribution in [0.3, 0.4) is 0 Å². The molecule has 2 heteroatoms. The fourth-order valence-corrected chi connectivity index (χ4v) is 1.18. The molecule has 0 bridgehead atoms. The first kappa shape index (κ1) is 9.93. The lowest BCUT2D eigenvalue weighted by Crippen LogP contribution is -1.99. The number of aliphatic hydroxyl groups excluding tert-OH is 1. The van der Waals surface area contributed by atoms with E-state index in [2.05, 4.69) is 11.6 Å². The van der Waals surface area contributed by atoms with Gasteiger partial charge < -0.3 is 5.11 Å². The van der Waals surface area contributed by atoms with Gasteiger partial charge >= 0.3 is 0 Å². The van der Waals surface area contributed by atoms with Crippen LogP contribution in [0.25, 0.3) is 0 Å². The molecule has 0 saturated heterocycles. The number of aliphatic hydroxyl groups is 1. The normalized spacial score (nSPS) is 12.4. The van der Waals surface area contributed by atoms with E-state index < -0.39 is 6.10 Å². The van der Waals surface area contributed by atoms with Gasteiger partial charge in [0.1, 0.15) is 0 Å². The van der Waals surface area contributed by atoms with Gasteiger partial charge in [-0.2, -0.15) is 0 Å². The molecule has 13 heavy (non-hydrogen) atoms. The molecule has 2 nitrogen and oxygen atoms in total. The molecule has 0 aliphatic heterocycles. The van der Waals surface area contributed by atoms with Crippen molar-refractivity contribution in [3.05, 3.63) is 42.7 Å². The Morgan fingerprint density at radius 2 is 2.38 bits per heavy atom. The molecule has 1 N–H and O–H groups in total. The van der Waals surface area contributed by atoms with Crippen LogP contribution in [-0.4, -0.2) is 10.1 Å². The summed E-state index contributed by atoms with van der Waals surface area (Å²) in [7, 11) is 0. The van der Waals surface area contributed by atoms with Crippen molar-refractivity contribution in [1.82, 2.24) is 4.98 Å². The summed E-state index contributed by atoms with van der Waals surface area (Å²) in [5.74, 6) is 0. The van der Waals surface area contributed by atoms with Crippen LogP contribution < -0.4 is 0 Å². The van der Waals surface area contributed by atoms with E-state index in [9.17, 15) is 5.11 Å². The summed E-state index contributed by atoms with van der Waals surface area (Å²) in [6, 6.07) is 5.58. The van der Waals surface area contributed by atoms with Crippen LogP contribution in [0, 0.1) is 0 Å². The highest BCUT2D eigenvalue weighted by Gasteiger charge is 2.06. The van der Waals surface area contributed by atoms with Crippen LogP contribution in [0.15, 0.2) is 37.1 Å². The van der Waals surface area contributed by atoms with Crippen molar-refractivity contribution in [2.45, 2.75) is 25.4 Å². The molecule has 70 valence electrons. The topological polar surface area (TPSA) is 33.1 Å². The molecular formula is C11H15NO. The molecule has 1 aromatic heterocycles. The molecule has 0 fully saturated rings. The Morgan fingerprint density at radius 3 is 3.00 bits per heavy atom. The number of hydrogen-bond acceptors (Lipinski definition) is 2. The number of nitrogens with zero attached hydrogens (tertiary/aromatic N) is 1. The van der Waals surface area contributed by atoms with E-state index in [0.717, 1.165) is 25.0 Å². The van der Waals surface area contributed by atoms with Crippen LogP contribution in [0.2, 0.25) is 0 Å². The van der Waals surface area contributed by atoms with Gasteiger partial charge in [0.15, 0.2) is 0 Å². The lowest BCUT2D eigenvalue weighted by molar-refractivity contribution is 0.160. The molecular weight excluding hydrogens is 162 g/mol. The Labute approximate surface area is 78.9 Å². The maximum atomic E-state index is 9.65. The SMILES string of the molecule is C=CCCCC(O)c1ccccn1. The first-order chi connectivity index (χ1) is 6.34. The Bertz CT molecular complexity index is 246. The van der Waals surface area contributed by atoms with Gasteiger partial charge in [-0.1, -0.05) is 12.1 Å². The molecule has 1 rings (SSSR count). The minimum Gasteiger partial charge on any atom is -0.387 e. The predicted octanol–water partition coefficient (Wildman–Crippen LogP) is 2.47. The van der Waals surface area contributed by atoms with Gasteiger partial charge in [-0.05, 0) is 31.4 Å². The third kappa shape index (κ3) is 3.38. The monoisotopic (exact) mass is 177 g/mol. The van der Waals surface area contributed by atoms with Crippen molar-refractivity contribution in [2.75, 3.05) is 0 Å². The number of aromatic nitrogens is 1. The molecule has 0 saturated carbocycles. The van der Waals surface area contributed by atoms with Crippen LogP contribution in [0.1, 0.15) is 31.1 Å². The zero-order valence-corrected chi connectivity index (χ0v) is 7.69. The van der Waals surface area contributed by atoms with Crippen molar-refractivity contribution in [1.29, 1.82) is 0 Å². The van der Waals surface area contributed by atoms with Gasteiger partial charge in [0.05, 0.1) is 11.8 Å². The second kappa shape index (κ2) is 5.49. The van der Waals surface area contributed by atoms with E-state index in [1.54, 1.807) is 6.20 Å². The molecule has 1 unspecified atom stereocenters. The molecule has 0 amide bonds. The van der Waals surface area contributed by atoms with Gasteiger partial charge in [-0.3, -0.25) is 4.98 Å². The zero-order valence-electron chi connectivity index (χ0n) is 7.69. The number of allylic oxidation sites excluding steroid dienone is 1. The summed E-state index contributed by atoms with van der Waals surface area (Å²) < 4.78 is 0. The second-order valence-corrected chi connectivity index (χ2v) is 2.99. The summed E-state index contributed by atoms with van der Waals surface area (Å²) in [5, 5.41) is 9.65. The molecule has 0 radical (unpaired) electrons. The average Bonchev–Trinajstić information content (AvgIpc) is 2.19. The van der Waals surface area contributed by atoms with E-state index in [0.29, 0.717) is 0 Å². The van der Waals surface area contributed by atoms with Crippen LogP contribution in [0.4, 0.5) is 0 Å². The fraction of sp³-hybridized carbons (Fsp3) is 0.364. The molecule has 0 aliphatic rings. The highest BCUT2D eigenvalue weighted by Crippen LogP contribution is 2.16. The van der Waals surface area contributed by atoms with E-state index >= 15 is 0 Å². The lowest BCUT2D eigenvalue weighted by Gasteiger charge is -2.07. The smallest absolute Gasteiger partial charge is 0.0959 e. The van der Waals surface area contributed by atoms with Crippen molar-refractivity contribution in [3.63, 3.8) is 0 Å². The number of rotatable bonds is 5. The van der Waals surface area contributed by atoms with Gasteiger partial charge in [0.2, 0.25) is 0 Å². The maximum Gasteiger partial charge on any atom is 0.0959 e. The Balaban J connectivity index is 2.39. The summed E-state index contributed by atoms with van der Waals surface area (Å²) in [4.78, 5) is 4.08. The molecule has 1 aromatic rings. The third-order valence-electron chi connectivity index (χ3n) is 1.91. The molecule has 0 spiro atoms. The fourth-order valence-electron chi connectivity index (χ4n) is 1.18. The maximum absolute atomic E-state index is 9.65. The van der Waals surface area contributed by atoms with Crippen LogP contribution in [0.5, 0.6) is 0 Å². The quantitative estimate of drug-likeness (QED) is 0.553. The first-order valence-corrected chi connectivity index (χ1v) is 4.54. The Hall–Kier alpha value is -1.15. The van der Waals surface area contributed by atoms with E-state index in [-0.39, 0.29) is 0 Å². The first-order valence-electron chi connectivity index (χ1n) is 4.54. The number of unbranched alkanes of at least 4 members (excludes halogenated alkanes) is 1. The van der Waals surface area contributed by atoms with Gasteiger partial charge in [-0.25, -0.2) is 0 Å². The zero-order chi connectivity index (χ0) is 9.52. The van der Waals surface area contributed by atoms with Crippen LogP contribution in [-0.2, 0) is 0 Å². The predicted molar refractivity (Wildman–Crippen MR) is 53.2 cm³/mol. The standard InChI is InChI=1S/C11H15NO/c1-2-3-4-8-11(13)10-7-5-6-9-12-10/h2,5-7,9,11,13H,1,3-4,8H2. The van der Waals surface area contributed by atoms with Crippen molar-refractivity contribution in [2.24, 2.45) is 0 Å². The summed E-state index contributed by atoms with van der Waals surface area (Å²) in [6.07, 6.45) is 5.80. The highest BCUT2D eigenvalue weighted by atomic mass is 16.3. The van der Waals surface area contributed by atoms with E-state index in [1.165, 1.54) is 0 Å². The summed E-state index contributed by atoms with van der Waals surface area (Å²) in [6.45, 7) is 3.63. The number of hydrogen-bond donors (Lipinski definition) is 1. The van der Waals surface area contributed by atoms with Crippen molar-refractivity contribution >= 4 is 0 Å². The summed E-state index contributed by atoms with van der Waals surface area (Å²) >= 11 is 0. The molecule has 1 heterocycles. The summed E-state index contributed by atoms with van der Waals surface area (Å²) in [5.41, 5.74) is 0.756. The van der Waals surface area contributed by atoms with Crippen LogP contribution >= 0.6 is 0 Å². The van der Waals surface area contributed by atoms with Gasteiger partial charge in [0.25, 0.3) is 0 Å². The Morgan fingerprint density at radius 1 is 1.54 bits per heavy atom.